The van der Waals surface area contributed by atoms with E-state index in [2.05, 4.69) is 20.5 Å². The van der Waals surface area contributed by atoms with Gasteiger partial charge in [-0.2, -0.15) is 0 Å². The lowest BCUT2D eigenvalue weighted by molar-refractivity contribution is 0.102. The van der Waals surface area contributed by atoms with Gasteiger partial charge in [-0.15, -0.1) is 10.2 Å². The predicted molar refractivity (Wildman–Crippen MR) is 88.7 cm³/mol. The first kappa shape index (κ1) is 15.1. The van der Waals surface area contributed by atoms with Gasteiger partial charge < -0.3 is 4.74 Å². The van der Waals surface area contributed by atoms with Crippen molar-refractivity contribution >= 4 is 22.4 Å². The van der Waals surface area contributed by atoms with Crippen LogP contribution >= 0.6 is 11.3 Å². The van der Waals surface area contributed by atoms with Crippen LogP contribution in [0.3, 0.4) is 0 Å². The molecule has 2 heterocycles. The summed E-state index contributed by atoms with van der Waals surface area (Å²) in [6.45, 7) is 2.57. The number of benzene rings is 1. The van der Waals surface area contributed by atoms with Gasteiger partial charge in [-0.3, -0.25) is 15.1 Å². The number of rotatable bonds is 5. The Hall–Kier alpha value is -2.80. The lowest BCUT2D eigenvalue weighted by Crippen LogP contribution is -2.11. The highest BCUT2D eigenvalue weighted by Gasteiger charge is 2.11. The van der Waals surface area contributed by atoms with Crippen molar-refractivity contribution in [2.45, 2.75) is 6.92 Å². The van der Waals surface area contributed by atoms with Gasteiger partial charge in [-0.1, -0.05) is 11.3 Å². The number of nitrogens with one attached hydrogen (secondary N) is 1. The molecule has 6 nitrogen and oxygen atoms in total. The van der Waals surface area contributed by atoms with E-state index in [4.69, 9.17) is 4.74 Å². The van der Waals surface area contributed by atoms with Crippen molar-refractivity contribution < 1.29 is 9.53 Å². The summed E-state index contributed by atoms with van der Waals surface area (Å²) in [7, 11) is 0. The van der Waals surface area contributed by atoms with Crippen molar-refractivity contribution in [3.8, 4) is 16.3 Å². The number of anilines is 1. The first-order valence-electron chi connectivity index (χ1n) is 7.04. The van der Waals surface area contributed by atoms with Gasteiger partial charge in [-0.25, -0.2) is 0 Å². The van der Waals surface area contributed by atoms with Gasteiger partial charge in [0, 0.05) is 23.5 Å². The molecule has 0 saturated carbocycles. The monoisotopic (exact) mass is 326 g/mol. The maximum absolute atomic E-state index is 12.1. The number of hydrogen-bond acceptors (Lipinski definition) is 6. The molecule has 0 atom stereocenters. The number of carbonyl (C=O) groups is 1. The SMILES string of the molecule is CCOc1ccc(-c2nnc(NC(=O)c3ccncc3)s2)cc1. The Morgan fingerprint density at radius 1 is 1.13 bits per heavy atom. The third kappa shape index (κ3) is 3.70. The van der Waals surface area contributed by atoms with Crippen LogP contribution in [0.2, 0.25) is 0 Å². The fourth-order valence-electron chi connectivity index (χ4n) is 1.92. The molecule has 0 fully saturated rings. The molecule has 23 heavy (non-hydrogen) atoms. The van der Waals surface area contributed by atoms with Crippen LogP contribution in [0.15, 0.2) is 48.8 Å². The van der Waals surface area contributed by atoms with Gasteiger partial charge in [0.15, 0.2) is 0 Å². The summed E-state index contributed by atoms with van der Waals surface area (Å²) in [4.78, 5) is 15.9. The van der Waals surface area contributed by atoms with Crippen LogP contribution in [-0.4, -0.2) is 27.7 Å². The summed E-state index contributed by atoms with van der Waals surface area (Å²) in [6, 6.07) is 10.9. The maximum Gasteiger partial charge on any atom is 0.257 e. The van der Waals surface area contributed by atoms with E-state index < -0.39 is 0 Å². The topological polar surface area (TPSA) is 77.0 Å². The van der Waals surface area contributed by atoms with E-state index in [1.165, 1.54) is 11.3 Å². The molecule has 1 amide bonds. The van der Waals surface area contributed by atoms with Gasteiger partial charge in [-0.05, 0) is 43.3 Å². The molecule has 0 bridgehead atoms. The molecule has 1 aromatic carbocycles. The summed E-state index contributed by atoms with van der Waals surface area (Å²) in [5.74, 6) is 0.578. The van der Waals surface area contributed by atoms with Crippen LogP contribution < -0.4 is 10.1 Å². The number of pyridine rings is 1. The zero-order valence-corrected chi connectivity index (χ0v) is 13.2. The van der Waals surface area contributed by atoms with Crippen molar-refractivity contribution in [3.05, 3.63) is 54.4 Å². The van der Waals surface area contributed by atoms with E-state index in [1.54, 1.807) is 24.5 Å². The zero-order valence-electron chi connectivity index (χ0n) is 12.4. The Morgan fingerprint density at radius 2 is 1.87 bits per heavy atom. The van der Waals surface area contributed by atoms with E-state index in [-0.39, 0.29) is 5.91 Å². The number of aromatic nitrogens is 3. The largest absolute Gasteiger partial charge is 0.494 e. The van der Waals surface area contributed by atoms with E-state index in [0.29, 0.717) is 17.3 Å². The molecule has 3 aromatic rings. The van der Waals surface area contributed by atoms with E-state index in [9.17, 15) is 4.79 Å². The average Bonchev–Trinajstić information content (AvgIpc) is 3.05. The molecular formula is C16H14N4O2S. The minimum Gasteiger partial charge on any atom is -0.494 e. The number of carbonyl (C=O) groups excluding carboxylic acids is 1. The minimum atomic E-state index is -0.234. The lowest BCUT2D eigenvalue weighted by Gasteiger charge is -2.02. The lowest BCUT2D eigenvalue weighted by atomic mass is 10.2. The van der Waals surface area contributed by atoms with Crippen LogP contribution in [0.1, 0.15) is 17.3 Å². The van der Waals surface area contributed by atoms with Crippen LogP contribution in [0.4, 0.5) is 5.13 Å². The van der Waals surface area contributed by atoms with Crippen molar-refractivity contribution in [2.75, 3.05) is 11.9 Å². The highest BCUT2D eigenvalue weighted by molar-refractivity contribution is 7.18. The Bertz CT molecular complexity index is 787. The Balaban J connectivity index is 1.71. The van der Waals surface area contributed by atoms with Crippen molar-refractivity contribution in [1.82, 2.24) is 15.2 Å². The number of hydrogen-bond donors (Lipinski definition) is 1. The van der Waals surface area contributed by atoms with Gasteiger partial charge in [0.25, 0.3) is 5.91 Å². The predicted octanol–water partition coefficient (Wildman–Crippen LogP) is 3.25. The van der Waals surface area contributed by atoms with Gasteiger partial charge in [0.1, 0.15) is 10.8 Å². The Morgan fingerprint density at radius 3 is 2.57 bits per heavy atom. The minimum absolute atomic E-state index is 0.234. The van der Waals surface area contributed by atoms with Crippen LogP contribution in [0, 0.1) is 0 Å². The van der Waals surface area contributed by atoms with Crippen molar-refractivity contribution in [2.24, 2.45) is 0 Å². The summed E-state index contributed by atoms with van der Waals surface area (Å²) in [5.41, 5.74) is 1.45. The maximum atomic E-state index is 12.1. The zero-order chi connectivity index (χ0) is 16.1. The molecule has 7 heteroatoms. The number of ether oxygens (including phenoxy) is 1. The molecule has 0 radical (unpaired) electrons. The molecule has 3 rings (SSSR count). The number of nitrogens with zero attached hydrogens (tertiary/aromatic N) is 3. The molecule has 0 aliphatic carbocycles. The van der Waals surface area contributed by atoms with Crippen LogP contribution in [-0.2, 0) is 0 Å². The highest BCUT2D eigenvalue weighted by atomic mass is 32.1. The molecule has 116 valence electrons. The molecule has 0 spiro atoms. The first-order chi connectivity index (χ1) is 11.3. The van der Waals surface area contributed by atoms with Gasteiger partial charge in [0.05, 0.1) is 6.61 Å². The third-order valence-electron chi connectivity index (χ3n) is 3.00. The first-order valence-corrected chi connectivity index (χ1v) is 7.86. The van der Waals surface area contributed by atoms with E-state index in [0.717, 1.165) is 16.3 Å². The van der Waals surface area contributed by atoms with Crippen LogP contribution in [0.25, 0.3) is 10.6 Å². The van der Waals surface area contributed by atoms with Crippen molar-refractivity contribution in [1.29, 1.82) is 0 Å². The average molecular weight is 326 g/mol. The summed E-state index contributed by atoms with van der Waals surface area (Å²) < 4.78 is 5.41. The number of amides is 1. The standard InChI is InChI=1S/C16H14N4O2S/c1-2-22-13-5-3-12(4-6-13)15-19-20-16(23-15)18-14(21)11-7-9-17-10-8-11/h3-10H,2H2,1H3,(H,18,20,21). The molecule has 0 aliphatic heterocycles. The fraction of sp³-hybridized carbons (Fsp3) is 0.125. The fourth-order valence-corrected chi connectivity index (χ4v) is 2.67. The molecule has 0 aliphatic rings. The van der Waals surface area contributed by atoms with Crippen LogP contribution in [0.5, 0.6) is 5.75 Å². The Labute approximate surface area is 137 Å². The third-order valence-corrected chi connectivity index (χ3v) is 3.89. The molecule has 0 saturated heterocycles. The smallest absolute Gasteiger partial charge is 0.257 e. The quantitative estimate of drug-likeness (QED) is 0.779. The normalized spacial score (nSPS) is 10.3. The molecule has 1 N–H and O–H groups in total. The molecule has 0 unspecified atom stereocenters. The summed E-state index contributed by atoms with van der Waals surface area (Å²) >= 11 is 1.32. The van der Waals surface area contributed by atoms with Crippen molar-refractivity contribution in [3.63, 3.8) is 0 Å². The molecule has 2 aromatic heterocycles. The van der Waals surface area contributed by atoms with Gasteiger partial charge in [0.2, 0.25) is 5.13 Å². The Kier molecular flexibility index (Phi) is 4.58. The van der Waals surface area contributed by atoms with Gasteiger partial charge >= 0.3 is 0 Å². The van der Waals surface area contributed by atoms with E-state index in [1.807, 2.05) is 31.2 Å². The second-order valence-electron chi connectivity index (χ2n) is 4.56. The summed E-state index contributed by atoms with van der Waals surface area (Å²) in [5, 5.41) is 12.0. The second-order valence-corrected chi connectivity index (χ2v) is 5.54. The van der Waals surface area contributed by atoms with E-state index >= 15 is 0 Å². The highest BCUT2D eigenvalue weighted by Crippen LogP contribution is 2.28. The summed E-state index contributed by atoms with van der Waals surface area (Å²) in [6.07, 6.45) is 3.14. The second kappa shape index (κ2) is 6.97. The molecular weight excluding hydrogens is 312 g/mol.